The van der Waals surface area contributed by atoms with Crippen molar-refractivity contribution in [3.05, 3.63) is 0 Å². The molecular weight excluding hydrogens is 194 g/mol. The van der Waals surface area contributed by atoms with Gasteiger partial charge in [0.15, 0.2) is 0 Å². The number of alkyl carbamates (subject to hydrolysis) is 1. The van der Waals surface area contributed by atoms with Gasteiger partial charge in [-0.1, -0.05) is 20.3 Å². The van der Waals surface area contributed by atoms with Gasteiger partial charge in [0.25, 0.3) is 0 Å². The van der Waals surface area contributed by atoms with Crippen LogP contribution in [0.25, 0.3) is 0 Å². The summed E-state index contributed by atoms with van der Waals surface area (Å²) in [5.74, 6) is 0. The van der Waals surface area contributed by atoms with Crippen LogP contribution in [-0.2, 0) is 4.74 Å². The molecule has 0 saturated heterocycles. The molecule has 0 aromatic heterocycles. The third-order valence-corrected chi connectivity index (χ3v) is 2.19. The molecule has 0 radical (unpaired) electrons. The van der Waals surface area contributed by atoms with Crippen LogP contribution in [0.15, 0.2) is 0 Å². The van der Waals surface area contributed by atoms with Gasteiger partial charge in [-0.2, -0.15) is 0 Å². The fourth-order valence-corrected chi connectivity index (χ4v) is 1.32. The SMILES string of the molecule is CCCC(C)(CO)COC(=O)NC(C)C. The Labute approximate surface area is 92.0 Å². The number of carbonyl (C=O) groups excluding carboxylic acids is 1. The highest BCUT2D eigenvalue weighted by Gasteiger charge is 2.24. The predicted molar refractivity (Wildman–Crippen MR) is 59.7 cm³/mol. The van der Waals surface area contributed by atoms with Crippen molar-refractivity contribution in [1.82, 2.24) is 5.32 Å². The number of hydrogen-bond acceptors (Lipinski definition) is 3. The van der Waals surface area contributed by atoms with E-state index in [9.17, 15) is 9.90 Å². The predicted octanol–water partition coefficient (Wildman–Crippen LogP) is 1.92. The maximum Gasteiger partial charge on any atom is 0.407 e. The van der Waals surface area contributed by atoms with Crippen LogP contribution in [0.2, 0.25) is 0 Å². The third kappa shape index (κ3) is 6.33. The van der Waals surface area contributed by atoms with Crippen molar-refractivity contribution < 1.29 is 14.6 Å². The lowest BCUT2D eigenvalue weighted by Crippen LogP contribution is -2.35. The number of nitrogens with one attached hydrogen (secondary N) is 1. The van der Waals surface area contributed by atoms with Gasteiger partial charge in [-0.25, -0.2) is 4.79 Å². The second-order valence-electron chi connectivity index (χ2n) is 4.59. The first kappa shape index (κ1) is 14.2. The summed E-state index contributed by atoms with van der Waals surface area (Å²) in [5, 5.41) is 11.8. The summed E-state index contributed by atoms with van der Waals surface area (Å²) in [6.07, 6.45) is 1.39. The zero-order valence-corrected chi connectivity index (χ0v) is 10.2. The summed E-state index contributed by atoms with van der Waals surface area (Å²) in [4.78, 5) is 11.2. The van der Waals surface area contributed by atoms with Crippen LogP contribution in [-0.4, -0.2) is 30.5 Å². The molecule has 0 bridgehead atoms. The van der Waals surface area contributed by atoms with Gasteiger partial charge in [0.1, 0.15) is 6.61 Å². The van der Waals surface area contributed by atoms with E-state index in [1.165, 1.54) is 0 Å². The first-order valence-electron chi connectivity index (χ1n) is 5.47. The first-order valence-corrected chi connectivity index (χ1v) is 5.47. The molecule has 0 aromatic rings. The van der Waals surface area contributed by atoms with E-state index in [0.717, 1.165) is 12.8 Å². The molecule has 0 aliphatic carbocycles. The minimum Gasteiger partial charge on any atom is -0.449 e. The number of hydrogen-bond donors (Lipinski definition) is 2. The maximum absolute atomic E-state index is 11.2. The molecular formula is C11H23NO3. The van der Waals surface area contributed by atoms with Gasteiger partial charge in [-0.15, -0.1) is 0 Å². The van der Waals surface area contributed by atoms with Crippen LogP contribution >= 0.6 is 0 Å². The third-order valence-electron chi connectivity index (χ3n) is 2.19. The molecule has 15 heavy (non-hydrogen) atoms. The second-order valence-corrected chi connectivity index (χ2v) is 4.59. The van der Waals surface area contributed by atoms with Crippen LogP contribution in [0.1, 0.15) is 40.5 Å². The van der Waals surface area contributed by atoms with E-state index in [4.69, 9.17) is 4.74 Å². The topological polar surface area (TPSA) is 58.6 Å². The Balaban J connectivity index is 3.94. The van der Waals surface area contributed by atoms with Gasteiger partial charge >= 0.3 is 6.09 Å². The number of ether oxygens (including phenoxy) is 1. The molecule has 1 atom stereocenters. The Morgan fingerprint density at radius 1 is 1.53 bits per heavy atom. The van der Waals surface area contributed by atoms with Crippen LogP contribution in [0.5, 0.6) is 0 Å². The molecule has 1 amide bonds. The smallest absolute Gasteiger partial charge is 0.407 e. The lowest BCUT2D eigenvalue weighted by Gasteiger charge is -2.26. The maximum atomic E-state index is 11.2. The Morgan fingerprint density at radius 2 is 2.13 bits per heavy atom. The monoisotopic (exact) mass is 217 g/mol. The summed E-state index contributed by atoms with van der Waals surface area (Å²) >= 11 is 0. The lowest BCUT2D eigenvalue weighted by molar-refractivity contribution is 0.0427. The molecule has 0 aromatic carbocycles. The highest BCUT2D eigenvalue weighted by atomic mass is 16.5. The highest BCUT2D eigenvalue weighted by Crippen LogP contribution is 2.22. The zero-order chi connectivity index (χ0) is 11.9. The molecule has 0 heterocycles. The fourth-order valence-electron chi connectivity index (χ4n) is 1.32. The van der Waals surface area contributed by atoms with Crippen LogP contribution < -0.4 is 5.32 Å². The molecule has 4 nitrogen and oxygen atoms in total. The van der Waals surface area contributed by atoms with E-state index in [0.29, 0.717) is 0 Å². The number of carbonyl (C=O) groups is 1. The molecule has 0 spiro atoms. The molecule has 2 N–H and O–H groups in total. The van der Waals surface area contributed by atoms with Crippen molar-refractivity contribution in [2.24, 2.45) is 5.41 Å². The quantitative estimate of drug-likeness (QED) is 0.714. The Hall–Kier alpha value is -0.770. The van der Waals surface area contributed by atoms with Gasteiger partial charge in [0.05, 0.1) is 6.61 Å². The summed E-state index contributed by atoms with van der Waals surface area (Å²) in [6, 6.07) is 0.0732. The molecule has 0 aliphatic heterocycles. The van der Waals surface area contributed by atoms with Crippen molar-refractivity contribution in [2.45, 2.75) is 46.6 Å². The molecule has 4 heteroatoms. The molecule has 90 valence electrons. The van der Waals surface area contributed by atoms with Crippen molar-refractivity contribution in [3.63, 3.8) is 0 Å². The van der Waals surface area contributed by atoms with E-state index >= 15 is 0 Å². The van der Waals surface area contributed by atoms with Crippen molar-refractivity contribution >= 4 is 6.09 Å². The molecule has 0 aliphatic rings. The Bertz CT molecular complexity index is 194. The summed E-state index contributed by atoms with van der Waals surface area (Å²) in [7, 11) is 0. The minimum absolute atomic E-state index is 0.0375. The molecule has 0 fully saturated rings. The minimum atomic E-state index is -0.416. The van der Waals surface area contributed by atoms with Crippen molar-refractivity contribution in [2.75, 3.05) is 13.2 Å². The molecule has 1 unspecified atom stereocenters. The largest absolute Gasteiger partial charge is 0.449 e. The van der Waals surface area contributed by atoms with Crippen LogP contribution in [0.4, 0.5) is 4.79 Å². The lowest BCUT2D eigenvalue weighted by atomic mass is 9.88. The standard InChI is InChI=1S/C11H23NO3/c1-5-6-11(4,7-13)8-15-10(14)12-9(2)3/h9,13H,5-8H2,1-4H3,(H,12,14). The van der Waals surface area contributed by atoms with Crippen LogP contribution in [0.3, 0.4) is 0 Å². The average Bonchev–Trinajstić information content (AvgIpc) is 2.14. The summed E-state index contributed by atoms with van der Waals surface area (Å²) < 4.78 is 5.05. The van der Waals surface area contributed by atoms with Gasteiger partial charge in [0.2, 0.25) is 0 Å². The molecule has 0 rings (SSSR count). The van der Waals surface area contributed by atoms with Crippen molar-refractivity contribution in [3.8, 4) is 0 Å². The highest BCUT2D eigenvalue weighted by molar-refractivity contribution is 5.67. The van der Waals surface area contributed by atoms with Gasteiger partial charge in [-0.05, 0) is 20.3 Å². The van der Waals surface area contributed by atoms with E-state index in [2.05, 4.69) is 5.32 Å². The Kier molecular flexibility index (Phi) is 6.32. The summed E-state index contributed by atoms with van der Waals surface area (Å²) in [5.41, 5.74) is -0.316. The fraction of sp³-hybridized carbons (Fsp3) is 0.909. The normalized spacial score (nSPS) is 14.8. The van der Waals surface area contributed by atoms with Gasteiger partial charge in [-0.3, -0.25) is 0 Å². The number of rotatable bonds is 6. The first-order chi connectivity index (χ1) is 6.93. The summed E-state index contributed by atoms with van der Waals surface area (Å²) in [6.45, 7) is 8.00. The van der Waals surface area contributed by atoms with E-state index in [-0.39, 0.29) is 24.7 Å². The van der Waals surface area contributed by atoms with Crippen LogP contribution in [0, 0.1) is 5.41 Å². The molecule has 0 saturated carbocycles. The Morgan fingerprint density at radius 3 is 2.53 bits per heavy atom. The number of amides is 1. The van der Waals surface area contributed by atoms with E-state index < -0.39 is 6.09 Å². The zero-order valence-electron chi connectivity index (χ0n) is 10.2. The van der Waals surface area contributed by atoms with Crippen molar-refractivity contribution in [1.29, 1.82) is 0 Å². The van der Waals surface area contributed by atoms with Gasteiger partial charge in [0, 0.05) is 11.5 Å². The second kappa shape index (κ2) is 6.67. The number of aliphatic hydroxyl groups excluding tert-OH is 1. The number of aliphatic hydroxyl groups is 1. The van der Waals surface area contributed by atoms with Gasteiger partial charge < -0.3 is 15.2 Å². The average molecular weight is 217 g/mol. The van der Waals surface area contributed by atoms with E-state index in [1.807, 2.05) is 27.7 Å². The van der Waals surface area contributed by atoms with E-state index in [1.54, 1.807) is 0 Å².